The van der Waals surface area contributed by atoms with E-state index in [4.69, 9.17) is 4.74 Å². The number of aromatic nitrogens is 1. The van der Waals surface area contributed by atoms with Crippen molar-refractivity contribution in [3.8, 4) is 5.75 Å². The molecule has 0 bridgehead atoms. The van der Waals surface area contributed by atoms with Gasteiger partial charge in [-0.15, -0.1) is 0 Å². The number of rotatable bonds is 9. The predicted molar refractivity (Wildman–Crippen MR) is 125 cm³/mol. The second kappa shape index (κ2) is 10.1. The van der Waals surface area contributed by atoms with Crippen molar-refractivity contribution in [3.63, 3.8) is 0 Å². The standard InChI is InChI=1S/C26H22F2N2O6/c1-14-7-15(8-20(27)24(14)28)12-30-6-2-3-19(25(30)33)22(31)9-17(26(34)35)13-36-18-5-4-16-10-23(32)29-21(16)11-18/h2-8,11,17H,9-10,12-13H2,1H3,(H,29,32)(H,34,35)/t17-/m0/s1. The summed E-state index contributed by atoms with van der Waals surface area (Å²) in [6.07, 6.45) is 1.17. The fourth-order valence-electron chi connectivity index (χ4n) is 3.99. The van der Waals surface area contributed by atoms with Gasteiger partial charge in [-0.25, -0.2) is 8.78 Å². The number of aliphatic carboxylic acids is 1. The Morgan fingerprint density at radius 1 is 1.17 bits per heavy atom. The molecule has 2 heterocycles. The van der Waals surface area contributed by atoms with E-state index in [1.165, 1.54) is 35.9 Å². The molecular weight excluding hydrogens is 474 g/mol. The first-order valence-corrected chi connectivity index (χ1v) is 11.1. The fraction of sp³-hybridized carbons (Fsp3) is 0.231. The molecule has 186 valence electrons. The highest BCUT2D eigenvalue weighted by Crippen LogP contribution is 2.28. The van der Waals surface area contributed by atoms with Crippen LogP contribution in [-0.2, 0) is 22.6 Å². The van der Waals surface area contributed by atoms with E-state index in [-0.39, 0.29) is 36.6 Å². The smallest absolute Gasteiger partial charge is 0.310 e. The second-order valence-corrected chi connectivity index (χ2v) is 8.58. The summed E-state index contributed by atoms with van der Waals surface area (Å²) in [5.74, 6) is -5.02. The molecule has 0 radical (unpaired) electrons. The van der Waals surface area contributed by atoms with Crippen molar-refractivity contribution in [3.05, 3.63) is 92.9 Å². The van der Waals surface area contributed by atoms with Crippen LogP contribution in [0.1, 0.15) is 33.5 Å². The lowest BCUT2D eigenvalue weighted by Gasteiger charge is -2.14. The van der Waals surface area contributed by atoms with Gasteiger partial charge in [-0.3, -0.25) is 19.2 Å². The Bertz CT molecular complexity index is 1410. The lowest BCUT2D eigenvalue weighted by molar-refractivity contribution is -0.142. The van der Waals surface area contributed by atoms with Gasteiger partial charge in [0.15, 0.2) is 17.4 Å². The van der Waals surface area contributed by atoms with Crippen molar-refractivity contribution in [2.75, 3.05) is 11.9 Å². The lowest BCUT2D eigenvalue weighted by atomic mass is 9.99. The third kappa shape index (κ3) is 5.32. The number of nitrogens with one attached hydrogen (secondary N) is 1. The van der Waals surface area contributed by atoms with Crippen LogP contribution >= 0.6 is 0 Å². The molecule has 1 aliphatic rings. The molecule has 0 saturated carbocycles. The van der Waals surface area contributed by atoms with E-state index >= 15 is 0 Å². The number of ether oxygens (including phenoxy) is 1. The molecule has 3 aromatic rings. The molecule has 2 aromatic carbocycles. The number of halogens is 2. The van der Waals surface area contributed by atoms with E-state index in [1.807, 2.05) is 0 Å². The van der Waals surface area contributed by atoms with Crippen LogP contribution in [0, 0.1) is 24.5 Å². The van der Waals surface area contributed by atoms with Crippen LogP contribution in [-0.4, -0.2) is 33.9 Å². The van der Waals surface area contributed by atoms with Crippen molar-refractivity contribution in [2.45, 2.75) is 26.3 Å². The number of ketones is 1. The lowest BCUT2D eigenvalue weighted by Crippen LogP contribution is -2.30. The summed E-state index contributed by atoms with van der Waals surface area (Å²) in [5, 5.41) is 12.3. The maximum atomic E-state index is 13.7. The first-order valence-electron chi connectivity index (χ1n) is 11.1. The highest BCUT2D eigenvalue weighted by atomic mass is 19.2. The number of carboxylic acid groups (broad SMARTS) is 1. The van der Waals surface area contributed by atoms with Crippen LogP contribution < -0.4 is 15.6 Å². The number of nitrogens with zero attached hydrogens (tertiary/aromatic N) is 1. The first kappa shape index (κ1) is 24.8. The van der Waals surface area contributed by atoms with E-state index in [2.05, 4.69) is 5.32 Å². The number of anilines is 1. The van der Waals surface area contributed by atoms with Crippen molar-refractivity contribution in [1.82, 2.24) is 4.57 Å². The molecule has 0 fully saturated rings. The maximum absolute atomic E-state index is 13.7. The number of carbonyl (C=O) groups excluding carboxylic acids is 2. The number of hydrogen-bond donors (Lipinski definition) is 2. The Labute approximate surface area is 204 Å². The molecule has 8 nitrogen and oxygen atoms in total. The Hall–Kier alpha value is -4.34. The number of Topliss-reactive ketones (excluding diaryl/α,β-unsaturated/α-hetero) is 1. The van der Waals surface area contributed by atoms with Gasteiger partial charge in [0.05, 0.1) is 24.4 Å². The number of amides is 1. The van der Waals surface area contributed by atoms with E-state index in [1.54, 1.807) is 18.2 Å². The molecule has 0 saturated heterocycles. The van der Waals surface area contributed by atoms with Crippen molar-refractivity contribution < 1.29 is 33.0 Å². The molecule has 1 aromatic heterocycles. The number of carboxylic acids is 1. The summed E-state index contributed by atoms with van der Waals surface area (Å²) in [6.45, 7) is 0.971. The fourth-order valence-corrected chi connectivity index (χ4v) is 3.99. The summed E-state index contributed by atoms with van der Waals surface area (Å²) in [7, 11) is 0. The second-order valence-electron chi connectivity index (χ2n) is 8.58. The number of pyridine rings is 1. The number of aryl methyl sites for hydroxylation is 1. The molecule has 4 rings (SSSR count). The Morgan fingerprint density at radius 3 is 2.67 bits per heavy atom. The van der Waals surface area contributed by atoms with Crippen molar-refractivity contribution >= 4 is 23.3 Å². The van der Waals surface area contributed by atoms with Crippen LogP contribution in [0.4, 0.5) is 14.5 Å². The molecule has 10 heteroatoms. The van der Waals surface area contributed by atoms with Gasteiger partial charge < -0.3 is 19.7 Å². The zero-order chi connectivity index (χ0) is 26.0. The molecule has 0 unspecified atom stereocenters. The molecule has 2 N–H and O–H groups in total. The van der Waals surface area contributed by atoms with Gasteiger partial charge in [0.25, 0.3) is 5.56 Å². The zero-order valence-electron chi connectivity index (χ0n) is 19.2. The van der Waals surface area contributed by atoms with Gasteiger partial charge in [0.2, 0.25) is 5.91 Å². The Balaban J connectivity index is 1.46. The number of carbonyl (C=O) groups is 3. The largest absolute Gasteiger partial charge is 0.493 e. The van der Waals surface area contributed by atoms with Gasteiger partial charge >= 0.3 is 5.97 Å². The zero-order valence-corrected chi connectivity index (χ0v) is 19.2. The third-order valence-corrected chi connectivity index (χ3v) is 5.88. The maximum Gasteiger partial charge on any atom is 0.310 e. The van der Waals surface area contributed by atoms with E-state index in [9.17, 15) is 33.1 Å². The minimum atomic E-state index is -1.27. The van der Waals surface area contributed by atoms with E-state index in [0.717, 1.165) is 11.6 Å². The SMILES string of the molecule is Cc1cc(Cn2cccc(C(=O)C[C@@H](COc3ccc4c(c3)NC(=O)C4)C(=O)O)c2=O)cc(F)c1F. The van der Waals surface area contributed by atoms with Crippen LogP contribution in [0.5, 0.6) is 5.75 Å². The highest BCUT2D eigenvalue weighted by Gasteiger charge is 2.25. The van der Waals surface area contributed by atoms with Crippen LogP contribution in [0.15, 0.2) is 53.5 Å². The third-order valence-electron chi connectivity index (χ3n) is 5.88. The molecule has 0 spiro atoms. The number of hydrogen-bond acceptors (Lipinski definition) is 5. The summed E-state index contributed by atoms with van der Waals surface area (Å²) in [5.41, 5.74) is 0.908. The summed E-state index contributed by atoms with van der Waals surface area (Å²) < 4.78 is 34.0. The molecule has 0 aliphatic carbocycles. The average Bonchev–Trinajstić information content (AvgIpc) is 3.20. The first-order chi connectivity index (χ1) is 17.1. The number of benzene rings is 2. The van der Waals surface area contributed by atoms with Crippen molar-refractivity contribution in [2.24, 2.45) is 5.92 Å². The topological polar surface area (TPSA) is 115 Å². The predicted octanol–water partition coefficient (Wildman–Crippen LogP) is 3.33. The molecular formula is C26H22F2N2O6. The van der Waals surface area contributed by atoms with E-state index < -0.39 is 41.3 Å². The molecule has 1 atom stereocenters. The Kier molecular flexibility index (Phi) is 6.96. The molecule has 1 aliphatic heterocycles. The average molecular weight is 496 g/mol. The minimum Gasteiger partial charge on any atom is -0.493 e. The summed E-state index contributed by atoms with van der Waals surface area (Å²) >= 11 is 0. The monoisotopic (exact) mass is 496 g/mol. The highest BCUT2D eigenvalue weighted by molar-refractivity contribution is 5.99. The quantitative estimate of drug-likeness (QED) is 0.439. The van der Waals surface area contributed by atoms with Crippen LogP contribution in [0.3, 0.4) is 0 Å². The van der Waals surface area contributed by atoms with Crippen LogP contribution in [0.2, 0.25) is 0 Å². The van der Waals surface area contributed by atoms with Gasteiger partial charge in [0.1, 0.15) is 12.4 Å². The molecule has 1 amide bonds. The number of fused-ring (bicyclic) bond motifs is 1. The Morgan fingerprint density at radius 2 is 1.94 bits per heavy atom. The molecule has 36 heavy (non-hydrogen) atoms. The summed E-state index contributed by atoms with van der Waals surface area (Å²) in [6, 6.07) is 10.0. The van der Waals surface area contributed by atoms with Gasteiger partial charge in [-0.1, -0.05) is 12.1 Å². The van der Waals surface area contributed by atoms with Gasteiger partial charge in [0, 0.05) is 24.4 Å². The minimum absolute atomic E-state index is 0.0836. The summed E-state index contributed by atoms with van der Waals surface area (Å²) in [4.78, 5) is 49.0. The van der Waals surface area contributed by atoms with Gasteiger partial charge in [-0.05, 0) is 47.9 Å². The van der Waals surface area contributed by atoms with Crippen LogP contribution in [0.25, 0.3) is 0 Å². The van der Waals surface area contributed by atoms with E-state index in [0.29, 0.717) is 17.0 Å². The van der Waals surface area contributed by atoms with Crippen molar-refractivity contribution in [1.29, 1.82) is 0 Å². The van der Waals surface area contributed by atoms with Gasteiger partial charge in [-0.2, -0.15) is 0 Å². The normalized spacial score (nSPS) is 13.1.